The zero-order valence-corrected chi connectivity index (χ0v) is 12.0. The maximum Gasteiger partial charge on any atom is 0.235 e. The molecule has 0 spiro atoms. The van der Waals surface area contributed by atoms with Crippen LogP contribution in [0.2, 0.25) is 0 Å². The van der Waals surface area contributed by atoms with Crippen molar-refractivity contribution in [2.45, 2.75) is 6.04 Å². The number of carbonyl (C=O) groups is 1. The summed E-state index contributed by atoms with van der Waals surface area (Å²) < 4.78 is 0. The number of nitrogens with two attached hydrogens (primary N) is 1. The van der Waals surface area contributed by atoms with Crippen LogP contribution in [0, 0.1) is 0 Å². The van der Waals surface area contributed by atoms with E-state index in [-0.39, 0.29) is 11.9 Å². The molecule has 0 bridgehead atoms. The lowest BCUT2D eigenvalue weighted by molar-refractivity contribution is -0.120. The van der Waals surface area contributed by atoms with Crippen LogP contribution in [0.3, 0.4) is 0 Å². The number of piperazine rings is 1. The number of benzene rings is 2. The Hall–Kier alpha value is -2.17. The Balaban J connectivity index is 0.000000161. The zero-order chi connectivity index (χ0) is 14.9. The minimum absolute atomic E-state index is 0.168. The highest BCUT2D eigenvalue weighted by Gasteiger charge is 2.16. The fraction of sp³-hybridized carbons (Fsp3) is 0.235. The highest BCUT2D eigenvalue weighted by molar-refractivity contribution is 5.80. The number of primary amides is 1. The van der Waals surface area contributed by atoms with Gasteiger partial charge < -0.3 is 16.4 Å². The molecule has 1 aliphatic heterocycles. The summed E-state index contributed by atoms with van der Waals surface area (Å²) in [6.07, 6.45) is 0. The molecule has 1 aliphatic rings. The molecule has 0 aliphatic carbocycles. The number of amides is 1. The van der Waals surface area contributed by atoms with Crippen LogP contribution in [-0.4, -0.2) is 31.6 Å². The normalized spacial score (nSPS) is 17.4. The van der Waals surface area contributed by atoms with Crippen LogP contribution in [0.4, 0.5) is 0 Å². The van der Waals surface area contributed by atoms with Gasteiger partial charge >= 0.3 is 0 Å². The van der Waals surface area contributed by atoms with Crippen molar-refractivity contribution in [2.75, 3.05) is 19.6 Å². The van der Waals surface area contributed by atoms with E-state index in [1.807, 2.05) is 12.1 Å². The van der Waals surface area contributed by atoms with E-state index in [0.29, 0.717) is 6.54 Å². The van der Waals surface area contributed by atoms with E-state index in [1.54, 1.807) is 0 Å². The molecule has 1 heterocycles. The summed E-state index contributed by atoms with van der Waals surface area (Å²) in [6, 6.07) is 20.6. The number of carbonyl (C=O) groups excluding carboxylic acids is 1. The van der Waals surface area contributed by atoms with Crippen molar-refractivity contribution in [3.8, 4) is 11.1 Å². The molecule has 2 aromatic rings. The summed E-state index contributed by atoms with van der Waals surface area (Å²) in [4.78, 5) is 10.5. The van der Waals surface area contributed by atoms with Crippen molar-refractivity contribution in [2.24, 2.45) is 5.73 Å². The molecule has 2 aromatic carbocycles. The van der Waals surface area contributed by atoms with E-state index in [0.717, 1.165) is 13.1 Å². The van der Waals surface area contributed by atoms with Crippen LogP contribution < -0.4 is 16.4 Å². The first-order chi connectivity index (χ1) is 10.3. The summed E-state index contributed by atoms with van der Waals surface area (Å²) in [5.74, 6) is -0.276. The van der Waals surface area contributed by atoms with Gasteiger partial charge in [0.2, 0.25) is 5.91 Å². The second-order valence-corrected chi connectivity index (χ2v) is 4.85. The third-order valence-corrected chi connectivity index (χ3v) is 3.27. The van der Waals surface area contributed by atoms with E-state index in [4.69, 9.17) is 5.73 Å². The van der Waals surface area contributed by atoms with E-state index >= 15 is 0 Å². The number of rotatable bonds is 2. The number of nitrogens with one attached hydrogen (secondary N) is 2. The monoisotopic (exact) mass is 283 g/mol. The average molecular weight is 283 g/mol. The molecule has 1 fully saturated rings. The van der Waals surface area contributed by atoms with Gasteiger partial charge in [-0.05, 0) is 11.1 Å². The summed E-state index contributed by atoms with van der Waals surface area (Å²) in [5.41, 5.74) is 7.58. The first-order valence-corrected chi connectivity index (χ1v) is 7.11. The SMILES string of the molecule is NC(=O)C1CNCCN1.c1ccc(-c2ccccc2)cc1. The van der Waals surface area contributed by atoms with E-state index in [2.05, 4.69) is 59.2 Å². The first-order valence-electron chi connectivity index (χ1n) is 7.11. The predicted octanol–water partition coefficient (Wildman–Crippen LogP) is 1.39. The molecule has 21 heavy (non-hydrogen) atoms. The van der Waals surface area contributed by atoms with Crippen LogP contribution in [0.5, 0.6) is 0 Å². The molecule has 1 saturated heterocycles. The van der Waals surface area contributed by atoms with E-state index < -0.39 is 0 Å². The van der Waals surface area contributed by atoms with Crippen molar-refractivity contribution in [1.29, 1.82) is 0 Å². The average Bonchev–Trinajstić information content (AvgIpc) is 2.58. The summed E-state index contributed by atoms with van der Waals surface area (Å²) in [7, 11) is 0. The van der Waals surface area contributed by atoms with Crippen molar-refractivity contribution in [3.63, 3.8) is 0 Å². The summed E-state index contributed by atoms with van der Waals surface area (Å²) in [6.45, 7) is 2.41. The first kappa shape index (κ1) is 15.2. The molecule has 1 unspecified atom stereocenters. The lowest BCUT2D eigenvalue weighted by atomic mass is 10.1. The van der Waals surface area contributed by atoms with Gasteiger partial charge in [-0.3, -0.25) is 4.79 Å². The van der Waals surface area contributed by atoms with Gasteiger partial charge in [-0.15, -0.1) is 0 Å². The van der Waals surface area contributed by atoms with Crippen molar-refractivity contribution in [1.82, 2.24) is 10.6 Å². The van der Waals surface area contributed by atoms with Gasteiger partial charge in [0.05, 0.1) is 6.04 Å². The predicted molar refractivity (Wildman–Crippen MR) is 85.7 cm³/mol. The highest BCUT2D eigenvalue weighted by atomic mass is 16.1. The molecule has 1 amide bonds. The Kier molecular flexibility index (Phi) is 5.94. The van der Waals surface area contributed by atoms with Crippen LogP contribution >= 0.6 is 0 Å². The second-order valence-electron chi connectivity index (χ2n) is 4.85. The van der Waals surface area contributed by atoms with Gasteiger partial charge in [0, 0.05) is 19.6 Å². The van der Waals surface area contributed by atoms with Gasteiger partial charge in [-0.2, -0.15) is 0 Å². The molecular formula is C17H21N3O. The maximum absolute atomic E-state index is 10.5. The Bertz CT molecular complexity index is 499. The molecule has 4 heteroatoms. The quantitative estimate of drug-likeness (QED) is 0.780. The minimum Gasteiger partial charge on any atom is -0.368 e. The lowest BCUT2D eigenvalue weighted by Gasteiger charge is -2.21. The second kappa shape index (κ2) is 8.19. The summed E-state index contributed by atoms with van der Waals surface area (Å²) >= 11 is 0. The molecular weight excluding hydrogens is 262 g/mol. The molecule has 3 rings (SSSR count). The van der Waals surface area contributed by atoms with Crippen molar-refractivity contribution >= 4 is 5.91 Å². The molecule has 0 radical (unpaired) electrons. The van der Waals surface area contributed by atoms with Gasteiger partial charge in [0.1, 0.15) is 0 Å². The van der Waals surface area contributed by atoms with Crippen LogP contribution in [0.25, 0.3) is 11.1 Å². The number of hydrogen-bond donors (Lipinski definition) is 3. The zero-order valence-electron chi connectivity index (χ0n) is 12.0. The van der Waals surface area contributed by atoms with Crippen molar-refractivity contribution < 1.29 is 4.79 Å². The van der Waals surface area contributed by atoms with Crippen LogP contribution in [0.15, 0.2) is 60.7 Å². The van der Waals surface area contributed by atoms with Gasteiger partial charge in [0.15, 0.2) is 0 Å². The molecule has 110 valence electrons. The Labute approximate surface area is 125 Å². The third-order valence-electron chi connectivity index (χ3n) is 3.27. The van der Waals surface area contributed by atoms with Gasteiger partial charge in [-0.1, -0.05) is 60.7 Å². The maximum atomic E-state index is 10.5. The van der Waals surface area contributed by atoms with Gasteiger partial charge in [0.25, 0.3) is 0 Å². The van der Waals surface area contributed by atoms with E-state index in [1.165, 1.54) is 11.1 Å². The topological polar surface area (TPSA) is 67.2 Å². The largest absolute Gasteiger partial charge is 0.368 e. The Morgan fingerprint density at radius 3 is 1.76 bits per heavy atom. The smallest absolute Gasteiger partial charge is 0.235 e. The van der Waals surface area contributed by atoms with Crippen LogP contribution in [0.1, 0.15) is 0 Å². The van der Waals surface area contributed by atoms with Crippen molar-refractivity contribution in [3.05, 3.63) is 60.7 Å². The fourth-order valence-corrected chi connectivity index (χ4v) is 2.12. The Morgan fingerprint density at radius 1 is 0.905 bits per heavy atom. The van der Waals surface area contributed by atoms with Gasteiger partial charge in [-0.25, -0.2) is 0 Å². The lowest BCUT2D eigenvalue weighted by Crippen LogP contribution is -2.54. The van der Waals surface area contributed by atoms with E-state index in [9.17, 15) is 4.79 Å². The molecule has 4 N–H and O–H groups in total. The molecule has 1 atom stereocenters. The van der Waals surface area contributed by atoms with Crippen LogP contribution in [-0.2, 0) is 4.79 Å². The minimum atomic E-state index is -0.276. The fourth-order valence-electron chi connectivity index (χ4n) is 2.12. The standard InChI is InChI=1S/C12H10.C5H11N3O/c1-3-7-11(8-4-1)12-9-5-2-6-10-12;6-5(9)4-3-7-1-2-8-4/h1-10H;4,7-8H,1-3H2,(H2,6,9). The Morgan fingerprint density at radius 2 is 1.43 bits per heavy atom. The molecule has 0 aromatic heterocycles. The highest BCUT2D eigenvalue weighted by Crippen LogP contribution is 2.17. The molecule has 0 saturated carbocycles. The third kappa shape index (κ3) is 5.02. The molecule has 4 nitrogen and oxygen atoms in total. The number of hydrogen-bond acceptors (Lipinski definition) is 3. The summed E-state index contributed by atoms with van der Waals surface area (Å²) in [5, 5.41) is 6.03.